The molecule has 1 saturated heterocycles. The lowest BCUT2D eigenvalue weighted by molar-refractivity contribution is -0.135. The normalized spacial score (nSPS) is 20.2. The SMILES string of the molecule is CN(Cc1c2ccccc2cc2ccccc12)C(=O)C1CC(=O)N(C2CCCCCCC2)C1. The summed E-state index contributed by atoms with van der Waals surface area (Å²) in [4.78, 5) is 30.2. The lowest BCUT2D eigenvalue weighted by Gasteiger charge is -2.30. The second kappa shape index (κ2) is 9.54. The molecule has 1 heterocycles. The molecule has 1 saturated carbocycles. The monoisotopic (exact) mass is 442 g/mol. The second-order valence-electron chi connectivity index (χ2n) is 9.94. The van der Waals surface area contributed by atoms with Crippen molar-refractivity contribution >= 4 is 33.4 Å². The van der Waals surface area contributed by atoms with Crippen molar-refractivity contribution < 1.29 is 9.59 Å². The summed E-state index contributed by atoms with van der Waals surface area (Å²) in [6.45, 7) is 1.14. The Balaban J connectivity index is 1.35. The molecule has 2 amide bonds. The summed E-state index contributed by atoms with van der Waals surface area (Å²) in [5.41, 5.74) is 1.18. The van der Waals surface area contributed by atoms with Crippen LogP contribution in [0.1, 0.15) is 56.9 Å². The number of rotatable bonds is 4. The summed E-state index contributed by atoms with van der Waals surface area (Å²) in [5, 5.41) is 4.76. The number of likely N-dealkylation sites (tertiary alicyclic amines) is 1. The minimum Gasteiger partial charge on any atom is -0.341 e. The summed E-state index contributed by atoms with van der Waals surface area (Å²) < 4.78 is 0. The number of benzene rings is 3. The standard InChI is InChI=1S/C29H34N2O2/c1-30(20-27-25-15-9-7-11-21(25)17-22-12-8-10-16-26(22)27)29(33)23-18-28(32)31(19-23)24-13-5-3-2-4-6-14-24/h7-12,15-17,23-24H,2-6,13-14,18-20H2,1H3. The van der Waals surface area contributed by atoms with E-state index in [0.29, 0.717) is 25.6 Å². The van der Waals surface area contributed by atoms with Crippen LogP contribution in [0.5, 0.6) is 0 Å². The van der Waals surface area contributed by atoms with E-state index < -0.39 is 0 Å². The zero-order valence-corrected chi connectivity index (χ0v) is 19.6. The van der Waals surface area contributed by atoms with Crippen molar-refractivity contribution in [1.82, 2.24) is 9.80 Å². The average molecular weight is 443 g/mol. The Morgan fingerprint density at radius 2 is 1.48 bits per heavy atom. The van der Waals surface area contributed by atoms with Gasteiger partial charge in [0.2, 0.25) is 11.8 Å². The first-order valence-corrected chi connectivity index (χ1v) is 12.6. The molecule has 0 aromatic heterocycles. The first-order valence-electron chi connectivity index (χ1n) is 12.6. The van der Waals surface area contributed by atoms with Gasteiger partial charge in [-0.25, -0.2) is 0 Å². The number of hydrogen-bond donors (Lipinski definition) is 0. The molecule has 33 heavy (non-hydrogen) atoms. The van der Waals surface area contributed by atoms with E-state index in [4.69, 9.17) is 0 Å². The third-order valence-corrected chi connectivity index (χ3v) is 7.68. The topological polar surface area (TPSA) is 40.6 Å². The fourth-order valence-corrected chi connectivity index (χ4v) is 5.90. The Morgan fingerprint density at radius 1 is 0.909 bits per heavy atom. The summed E-state index contributed by atoms with van der Waals surface area (Å²) in [6, 6.07) is 19.3. The van der Waals surface area contributed by atoms with Crippen molar-refractivity contribution in [3.05, 3.63) is 60.2 Å². The average Bonchev–Trinajstić information content (AvgIpc) is 3.19. The molecule has 2 aliphatic rings. The van der Waals surface area contributed by atoms with Crippen molar-refractivity contribution in [2.24, 2.45) is 5.92 Å². The van der Waals surface area contributed by atoms with Crippen molar-refractivity contribution in [2.75, 3.05) is 13.6 Å². The Morgan fingerprint density at radius 3 is 2.12 bits per heavy atom. The van der Waals surface area contributed by atoms with Gasteiger partial charge < -0.3 is 9.80 Å². The van der Waals surface area contributed by atoms with E-state index >= 15 is 0 Å². The van der Waals surface area contributed by atoms with Crippen molar-refractivity contribution in [3.63, 3.8) is 0 Å². The summed E-state index contributed by atoms with van der Waals surface area (Å²) in [7, 11) is 1.89. The third kappa shape index (κ3) is 4.48. The van der Waals surface area contributed by atoms with Gasteiger partial charge in [0.15, 0.2) is 0 Å². The Hall–Kier alpha value is -2.88. The van der Waals surface area contributed by atoms with Crippen LogP contribution in [0, 0.1) is 5.92 Å². The van der Waals surface area contributed by atoms with Crippen LogP contribution in [0.15, 0.2) is 54.6 Å². The van der Waals surface area contributed by atoms with E-state index in [0.717, 1.165) is 12.8 Å². The highest BCUT2D eigenvalue weighted by Crippen LogP contribution is 2.31. The number of fused-ring (bicyclic) bond motifs is 2. The van der Waals surface area contributed by atoms with Gasteiger partial charge in [0.1, 0.15) is 0 Å². The molecule has 0 N–H and O–H groups in total. The summed E-state index contributed by atoms with van der Waals surface area (Å²) >= 11 is 0. The van der Waals surface area contributed by atoms with E-state index in [2.05, 4.69) is 54.6 Å². The molecule has 3 aromatic carbocycles. The van der Waals surface area contributed by atoms with Crippen LogP contribution >= 0.6 is 0 Å². The van der Waals surface area contributed by atoms with Gasteiger partial charge in [-0.3, -0.25) is 9.59 Å². The minimum atomic E-state index is -0.228. The molecule has 0 bridgehead atoms. The van der Waals surface area contributed by atoms with Gasteiger partial charge in [0.05, 0.1) is 5.92 Å². The van der Waals surface area contributed by atoms with Crippen molar-refractivity contribution in [2.45, 2.75) is 64.0 Å². The van der Waals surface area contributed by atoms with Gasteiger partial charge in [-0.05, 0) is 46.0 Å². The number of hydrogen-bond acceptors (Lipinski definition) is 2. The fourth-order valence-electron chi connectivity index (χ4n) is 5.90. The number of nitrogens with zero attached hydrogens (tertiary/aromatic N) is 2. The molecule has 1 aliphatic carbocycles. The van der Waals surface area contributed by atoms with Crippen molar-refractivity contribution in [3.8, 4) is 0 Å². The van der Waals surface area contributed by atoms with Crippen molar-refractivity contribution in [1.29, 1.82) is 0 Å². The van der Waals surface area contributed by atoms with Crippen LogP contribution in [-0.2, 0) is 16.1 Å². The van der Waals surface area contributed by atoms with Gasteiger partial charge in [0.25, 0.3) is 0 Å². The minimum absolute atomic E-state index is 0.0914. The van der Waals surface area contributed by atoms with Crippen LogP contribution < -0.4 is 0 Å². The first-order chi connectivity index (χ1) is 16.1. The van der Waals surface area contributed by atoms with E-state index in [-0.39, 0.29) is 17.7 Å². The summed E-state index contributed by atoms with van der Waals surface area (Å²) in [5.74, 6) is 0.0332. The van der Waals surface area contributed by atoms with Gasteiger partial charge in [-0.15, -0.1) is 0 Å². The van der Waals surface area contributed by atoms with E-state index in [9.17, 15) is 9.59 Å². The van der Waals surface area contributed by atoms with E-state index in [1.165, 1.54) is 59.2 Å². The van der Waals surface area contributed by atoms with Crippen LogP contribution in [0.2, 0.25) is 0 Å². The first kappa shape index (κ1) is 21.9. The van der Waals surface area contributed by atoms with Crippen LogP contribution in [0.3, 0.4) is 0 Å². The highest BCUT2D eigenvalue weighted by atomic mass is 16.2. The maximum absolute atomic E-state index is 13.5. The van der Waals surface area contributed by atoms with E-state index in [1.54, 1.807) is 0 Å². The van der Waals surface area contributed by atoms with Crippen LogP contribution in [-0.4, -0.2) is 41.2 Å². The molecule has 1 atom stereocenters. The molecule has 4 nitrogen and oxygen atoms in total. The molecule has 1 unspecified atom stereocenters. The number of carbonyl (C=O) groups is 2. The van der Waals surface area contributed by atoms with Crippen LogP contribution in [0.4, 0.5) is 0 Å². The Kier molecular flexibility index (Phi) is 6.34. The molecule has 1 aliphatic heterocycles. The molecule has 172 valence electrons. The molecule has 3 aromatic rings. The van der Waals surface area contributed by atoms with Crippen LogP contribution in [0.25, 0.3) is 21.5 Å². The number of amides is 2. The summed E-state index contributed by atoms with van der Waals surface area (Å²) in [6.07, 6.45) is 8.77. The Labute approximate surface area is 196 Å². The number of carbonyl (C=O) groups excluding carboxylic acids is 2. The zero-order valence-electron chi connectivity index (χ0n) is 19.6. The third-order valence-electron chi connectivity index (χ3n) is 7.68. The molecule has 5 rings (SSSR count). The maximum atomic E-state index is 13.5. The highest BCUT2D eigenvalue weighted by Gasteiger charge is 2.38. The molecule has 4 heteroatoms. The zero-order chi connectivity index (χ0) is 22.8. The van der Waals surface area contributed by atoms with Gasteiger partial charge in [-0.1, -0.05) is 80.6 Å². The van der Waals surface area contributed by atoms with Gasteiger partial charge >= 0.3 is 0 Å². The molecule has 0 radical (unpaired) electrons. The molecule has 0 spiro atoms. The maximum Gasteiger partial charge on any atom is 0.228 e. The van der Waals surface area contributed by atoms with Gasteiger partial charge in [-0.2, -0.15) is 0 Å². The highest BCUT2D eigenvalue weighted by molar-refractivity contribution is 6.02. The quantitative estimate of drug-likeness (QED) is 0.471. The lowest BCUT2D eigenvalue weighted by atomic mass is 9.95. The predicted molar refractivity (Wildman–Crippen MR) is 134 cm³/mol. The fraction of sp³-hybridized carbons (Fsp3) is 0.448. The van der Waals surface area contributed by atoms with Gasteiger partial charge in [0, 0.05) is 32.6 Å². The lowest BCUT2D eigenvalue weighted by Crippen LogP contribution is -2.39. The largest absolute Gasteiger partial charge is 0.341 e. The predicted octanol–water partition coefficient (Wildman–Crippen LogP) is 5.91. The van der Waals surface area contributed by atoms with E-state index in [1.807, 2.05) is 16.8 Å². The molecule has 2 fully saturated rings. The second-order valence-corrected chi connectivity index (χ2v) is 9.94. The smallest absolute Gasteiger partial charge is 0.228 e. The Bertz CT molecular complexity index is 1110. The molecular weight excluding hydrogens is 408 g/mol. The molecular formula is C29H34N2O2.